The van der Waals surface area contributed by atoms with E-state index in [-0.39, 0.29) is 5.60 Å². The molecule has 1 heterocycles. The van der Waals surface area contributed by atoms with E-state index in [2.05, 4.69) is 27.3 Å². The maximum absolute atomic E-state index is 9.55. The van der Waals surface area contributed by atoms with Gasteiger partial charge in [-0.15, -0.1) is 0 Å². The number of halogens is 2. The van der Waals surface area contributed by atoms with Crippen LogP contribution in [-0.4, -0.2) is 17.7 Å². The number of benzene rings is 1. The first-order valence-corrected chi connectivity index (χ1v) is 7.31. The third-order valence-corrected chi connectivity index (χ3v) is 4.48. The van der Waals surface area contributed by atoms with Crippen LogP contribution >= 0.6 is 27.5 Å². The molecule has 3 nitrogen and oxygen atoms in total. The fourth-order valence-corrected chi connectivity index (χ4v) is 2.94. The van der Waals surface area contributed by atoms with Gasteiger partial charge in [-0.05, 0) is 48.0 Å². The van der Waals surface area contributed by atoms with Gasteiger partial charge in [0.05, 0.1) is 23.3 Å². The summed E-state index contributed by atoms with van der Waals surface area (Å²) in [7, 11) is 0. The van der Waals surface area contributed by atoms with Crippen LogP contribution in [0.15, 0.2) is 22.7 Å². The van der Waals surface area contributed by atoms with Crippen molar-refractivity contribution in [1.82, 2.24) is 0 Å². The molecule has 1 aliphatic rings. The topological polar surface area (TPSA) is 45.0 Å². The molecule has 1 aromatic rings. The minimum Gasteiger partial charge on any atom is -0.375 e. The largest absolute Gasteiger partial charge is 0.375 e. The molecule has 19 heavy (non-hydrogen) atoms. The van der Waals surface area contributed by atoms with Gasteiger partial charge < -0.3 is 10.1 Å². The van der Waals surface area contributed by atoms with Crippen molar-refractivity contribution in [2.45, 2.75) is 37.8 Å². The summed E-state index contributed by atoms with van der Waals surface area (Å²) in [5.41, 5.74) is 0.00941. The first kappa shape index (κ1) is 14.6. The number of anilines is 1. The number of ether oxygens (including phenoxy) is 1. The Morgan fingerprint density at radius 2 is 2.21 bits per heavy atom. The molecule has 1 N–H and O–H groups in total. The normalized spacial score (nSPS) is 25.6. The maximum atomic E-state index is 9.55. The molecule has 1 aliphatic heterocycles. The maximum Gasteiger partial charge on any atom is 0.130 e. The van der Waals surface area contributed by atoms with Gasteiger partial charge in [-0.2, -0.15) is 5.26 Å². The molecule has 1 fully saturated rings. The zero-order chi connectivity index (χ0) is 14.1. The van der Waals surface area contributed by atoms with Crippen LogP contribution in [0.4, 0.5) is 5.69 Å². The Hall–Kier alpha value is -0.760. The van der Waals surface area contributed by atoms with Gasteiger partial charge in [0, 0.05) is 23.0 Å². The van der Waals surface area contributed by atoms with Crippen molar-refractivity contribution in [2.24, 2.45) is 0 Å². The SMILES string of the molecule is CC1(C)CC(C#N)(Nc2ccc(Cl)c(Br)c2)CCO1. The summed E-state index contributed by atoms with van der Waals surface area (Å²) in [6.45, 7) is 4.61. The van der Waals surface area contributed by atoms with Gasteiger partial charge >= 0.3 is 0 Å². The third-order valence-electron chi connectivity index (χ3n) is 3.27. The van der Waals surface area contributed by atoms with E-state index in [1.165, 1.54) is 0 Å². The fraction of sp³-hybridized carbons (Fsp3) is 0.500. The van der Waals surface area contributed by atoms with Gasteiger partial charge in [0.2, 0.25) is 0 Å². The van der Waals surface area contributed by atoms with E-state index in [9.17, 15) is 5.26 Å². The first-order valence-electron chi connectivity index (χ1n) is 6.14. The first-order chi connectivity index (χ1) is 8.86. The highest BCUT2D eigenvalue weighted by Gasteiger charge is 2.41. The quantitative estimate of drug-likeness (QED) is 0.867. The summed E-state index contributed by atoms with van der Waals surface area (Å²) in [4.78, 5) is 0. The second-order valence-electron chi connectivity index (χ2n) is 5.48. The average molecular weight is 344 g/mol. The monoisotopic (exact) mass is 342 g/mol. The summed E-state index contributed by atoms with van der Waals surface area (Å²) in [5, 5.41) is 13.5. The highest BCUT2D eigenvalue weighted by Crippen LogP contribution is 2.35. The summed E-state index contributed by atoms with van der Waals surface area (Å²) in [6, 6.07) is 8.00. The molecule has 1 unspecified atom stereocenters. The third kappa shape index (κ3) is 3.42. The van der Waals surface area contributed by atoms with Crippen LogP contribution in [0.3, 0.4) is 0 Å². The van der Waals surface area contributed by atoms with Gasteiger partial charge in [0.1, 0.15) is 5.54 Å². The Bertz CT molecular complexity index is 527. The lowest BCUT2D eigenvalue weighted by Gasteiger charge is -2.41. The Balaban J connectivity index is 2.23. The molecule has 102 valence electrons. The Morgan fingerprint density at radius 3 is 2.79 bits per heavy atom. The predicted octanol–water partition coefficient (Wildman–Crippen LogP) is 4.37. The van der Waals surface area contributed by atoms with E-state index >= 15 is 0 Å². The van der Waals surface area contributed by atoms with Crippen LogP contribution in [0.1, 0.15) is 26.7 Å². The van der Waals surface area contributed by atoms with E-state index in [1.807, 2.05) is 32.0 Å². The Labute approximate surface area is 127 Å². The summed E-state index contributed by atoms with van der Waals surface area (Å²) in [5.74, 6) is 0. The molecule has 0 radical (unpaired) electrons. The van der Waals surface area contributed by atoms with Gasteiger partial charge in [-0.25, -0.2) is 0 Å². The summed E-state index contributed by atoms with van der Waals surface area (Å²) >= 11 is 9.37. The van der Waals surface area contributed by atoms with Crippen molar-refractivity contribution in [1.29, 1.82) is 5.26 Å². The Morgan fingerprint density at radius 1 is 1.47 bits per heavy atom. The summed E-state index contributed by atoms with van der Waals surface area (Å²) < 4.78 is 6.50. The standard InChI is InChI=1S/C14H16BrClN2O/c1-13(2)8-14(9-17,5-6-19-13)18-10-3-4-12(16)11(15)7-10/h3-4,7,18H,5-6,8H2,1-2H3. The molecular formula is C14H16BrClN2O. The van der Waals surface area contributed by atoms with Gasteiger partial charge in [0.15, 0.2) is 0 Å². The molecule has 1 saturated heterocycles. The molecule has 5 heteroatoms. The Kier molecular flexibility index (Phi) is 4.10. The van der Waals surface area contributed by atoms with Crippen molar-refractivity contribution in [3.8, 4) is 6.07 Å². The van der Waals surface area contributed by atoms with Crippen molar-refractivity contribution >= 4 is 33.2 Å². The van der Waals surface area contributed by atoms with E-state index in [1.54, 1.807) is 0 Å². The lowest BCUT2D eigenvalue weighted by Crippen LogP contribution is -2.49. The molecule has 0 saturated carbocycles. The fourth-order valence-electron chi connectivity index (χ4n) is 2.45. The highest BCUT2D eigenvalue weighted by atomic mass is 79.9. The molecular weight excluding hydrogens is 328 g/mol. The van der Waals surface area contributed by atoms with E-state index in [4.69, 9.17) is 16.3 Å². The predicted molar refractivity (Wildman–Crippen MR) is 80.4 cm³/mol. The molecule has 0 bridgehead atoms. The minimum absolute atomic E-state index is 0.287. The number of hydrogen-bond donors (Lipinski definition) is 1. The number of rotatable bonds is 2. The van der Waals surface area contributed by atoms with Gasteiger partial charge in [0.25, 0.3) is 0 Å². The van der Waals surface area contributed by atoms with E-state index in [0.717, 1.165) is 10.2 Å². The molecule has 1 atom stereocenters. The van der Waals surface area contributed by atoms with Crippen LogP contribution in [0.2, 0.25) is 5.02 Å². The lowest BCUT2D eigenvalue weighted by atomic mass is 9.82. The van der Waals surface area contributed by atoms with Crippen LogP contribution in [0.25, 0.3) is 0 Å². The second-order valence-corrected chi connectivity index (χ2v) is 6.74. The van der Waals surface area contributed by atoms with E-state index in [0.29, 0.717) is 24.5 Å². The minimum atomic E-state index is -0.588. The molecule has 0 aromatic heterocycles. The smallest absolute Gasteiger partial charge is 0.130 e. The van der Waals surface area contributed by atoms with Crippen molar-refractivity contribution in [3.05, 3.63) is 27.7 Å². The highest BCUT2D eigenvalue weighted by molar-refractivity contribution is 9.10. The van der Waals surface area contributed by atoms with Crippen LogP contribution < -0.4 is 5.32 Å². The number of hydrogen-bond acceptors (Lipinski definition) is 3. The second kappa shape index (κ2) is 5.32. The molecule has 0 spiro atoms. The van der Waals surface area contributed by atoms with Crippen LogP contribution in [0.5, 0.6) is 0 Å². The zero-order valence-corrected chi connectivity index (χ0v) is 13.3. The number of nitrogens with zero attached hydrogens (tertiary/aromatic N) is 1. The molecule has 0 amide bonds. The van der Waals surface area contributed by atoms with Gasteiger partial charge in [-0.3, -0.25) is 0 Å². The van der Waals surface area contributed by atoms with Crippen LogP contribution in [-0.2, 0) is 4.74 Å². The van der Waals surface area contributed by atoms with Crippen molar-refractivity contribution in [3.63, 3.8) is 0 Å². The van der Waals surface area contributed by atoms with Crippen LogP contribution in [0, 0.1) is 11.3 Å². The molecule has 1 aromatic carbocycles. The lowest BCUT2D eigenvalue weighted by molar-refractivity contribution is -0.0659. The van der Waals surface area contributed by atoms with E-state index < -0.39 is 5.54 Å². The molecule has 0 aliphatic carbocycles. The number of nitriles is 1. The summed E-state index contributed by atoms with van der Waals surface area (Å²) in [6.07, 6.45) is 1.32. The van der Waals surface area contributed by atoms with Crippen molar-refractivity contribution in [2.75, 3.05) is 11.9 Å². The molecule has 2 rings (SSSR count). The average Bonchev–Trinajstić information content (AvgIpc) is 2.33. The number of nitrogens with one attached hydrogen (secondary N) is 1. The zero-order valence-electron chi connectivity index (χ0n) is 11.0. The van der Waals surface area contributed by atoms with Crippen molar-refractivity contribution < 1.29 is 4.74 Å². The van der Waals surface area contributed by atoms with Gasteiger partial charge in [-0.1, -0.05) is 11.6 Å².